The van der Waals surface area contributed by atoms with Gasteiger partial charge in [-0.3, -0.25) is 0 Å². The first-order chi connectivity index (χ1) is 17.2. The van der Waals surface area contributed by atoms with Crippen LogP contribution in [-0.4, -0.2) is 5.11 Å². The number of hydrogen-bond acceptors (Lipinski definition) is 3. The van der Waals surface area contributed by atoms with Crippen LogP contribution in [0, 0.1) is 12.3 Å². The largest absolute Gasteiger partial charge is 0.508 e. The van der Waals surface area contributed by atoms with Crippen LogP contribution in [0.25, 0.3) is 54.7 Å². The van der Waals surface area contributed by atoms with E-state index in [0.717, 1.165) is 56.3 Å². The lowest BCUT2D eigenvalue weighted by molar-refractivity contribution is -0.659. The number of aromatic hydroxyl groups is 1. The second-order valence-corrected chi connectivity index (χ2v) is 11.3. The molecular weight excluding hydrogens is 446 g/mol. The van der Waals surface area contributed by atoms with Crippen molar-refractivity contribution in [3.8, 4) is 28.5 Å². The average Bonchev–Trinajstić information content (AvgIpc) is 3.19. The van der Waals surface area contributed by atoms with Gasteiger partial charge in [0.05, 0.1) is 5.56 Å². The number of ether oxygens (including phenoxy) is 1. The Morgan fingerprint density at radius 1 is 0.889 bits per heavy atom. The van der Waals surface area contributed by atoms with E-state index < -0.39 is 0 Å². The predicted octanol–water partition coefficient (Wildman–Crippen LogP) is 8.09. The van der Waals surface area contributed by atoms with Crippen LogP contribution in [0.2, 0.25) is 0 Å². The summed E-state index contributed by atoms with van der Waals surface area (Å²) < 4.78 is 15.4. The van der Waals surface area contributed by atoms with Gasteiger partial charge in [-0.05, 0) is 53.3 Å². The molecule has 0 radical (unpaired) electrons. The highest BCUT2D eigenvalue weighted by Crippen LogP contribution is 2.53. The molecule has 3 heterocycles. The Morgan fingerprint density at radius 3 is 2.44 bits per heavy atom. The molecule has 0 spiro atoms. The minimum atomic E-state index is 0.0936. The Labute approximate surface area is 209 Å². The Morgan fingerprint density at radius 2 is 1.67 bits per heavy atom. The van der Waals surface area contributed by atoms with E-state index in [0.29, 0.717) is 5.58 Å². The number of phenols is 1. The van der Waals surface area contributed by atoms with Gasteiger partial charge in [-0.2, -0.15) is 0 Å². The van der Waals surface area contributed by atoms with E-state index in [2.05, 4.69) is 81.9 Å². The SMILES string of the molecule is Cc1c2c(c(CC(C)(C)C)c3ccccc13)Oc1cc3c4ccc(O)cc4oc3c3cc[n+](C)c-2c13. The van der Waals surface area contributed by atoms with E-state index >= 15 is 0 Å². The molecule has 1 aliphatic heterocycles. The molecule has 1 aliphatic rings. The summed E-state index contributed by atoms with van der Waals surface area (Å²) in [6.45, 7) is 9.05. The van der Waals surface area contributed by atoms with Crippen LogP contribution < -0.4 is 9.30 Å². The van der Waals surface area contributed by atoms with Gasteiger partial charge in [0.2, 0.25) is 5.69 Å². The summed E-state index contributed by atoms with van der Waals surface area (Å²) >= 11 is 0. The normalized spacial score (nSPS) is 13.0. The van der Waals surface area contributed by atoms with Crippen molar-refractivity contribution in [2.75, 3.05) is 0 Å². The number of aromatic nitrogens is 1. The number of furan rings is 1. The topological polar surface area (TPSA) is 46.5 Å². The Bertz CT molecular complexity index is 1900. The third-order valence-corrected chi connectivity index (χ3v) is 7.49. The molecular formula is C32H28NO3+. The quantitative estimate of drug-likeness (QED) is 0.245. The van der Waals surface area contributed by atoms with E-state index in [1.165, 1.54) is 21.9 Å². The smallest absolute Gasteiger partial charge is 0.228 e. The fraction of sp³-hybridized carbons (Fsp3) is 0.219. The van der Waals surface area contributed by atoms with Gasteiger partial charge < -0.3 is 14.3 Å². The molecule has 36 heavy (non-hydrogen) atoms. The highest BCUT2D eigenvalue weighted by Gasteiger charge is 2.35. The van der Waals surface area contributed by atoms with Gasteiger partial charge in [0, 0.05) is 33.9 Å². The van der Waals surface area contributed by atoms with Gasteiger partial charge in [0.15, 0.2) is 6.20 Å². The lowest BCUT2D eigenvalue weighted by atomic mass is 9.81. The Hall–Kier alpha value is -4.05. The molecule has 6 aromatic rings. The Balaban J connectivity index is 1.67. The van der Waals surface area contributed by atoms with Crippen molar-refractivity contribution in [2.24, 2.45) is 12.5 Å². The molecule has 4 nitrogen and oxygen atoms in total. The first-order valence-corrected chi connectivity index (χ1v) is 12.4. The number of pyridine rings is 1. The summed E-state index contributed by atoms with van der Waals surface area (Å²) in [5, 5.41) is 16.6. The molecule has 0 saturated heterocycles. The van der Waals surface area contributed by atoms with Crippen LogP contribution in [0.5, 0.6) is 17.2 Å². The number of phenolic OH excluding ortho intramolecular Hbond substituents is 1. The van der Waals surface area contributed by atoms with Crippen LogP contribution in [0.4, 0.5) is 0 Å². The van der Waals surface area contributed by atoms with Crippen LogP contribution in [0.3, 0.4) is 0 Å². The molecule has 0 atom stereocenters. The lowest BCUT2D eigenvalue weighted by Gasteiger charge is -2.28. The molecule has 0 saturated carbocycles. The molecule has 7 rings (SSSR count). The van der Waals surface area contributed by atoms with Crippen molar-refractivity contribution in [3.05, 3.63) is 71.9 Å². The van der Waals surface area contributed by atoms with E-state index in [1.54, 1.807) is 12.1 Å². The zero-order valence-electron chi connectivity index (χ0n) is 21.2. The summed E-state index contributed by atoms with van der Waals surface area (Å²) in [6, 6.07) is 18.2. The summed E-state index contributed by atoms with van der Waals surface area (Å²) in [6.07, 6.45) is 3.01. The van der Waals surface area contributed by atoms with Crippen LogP contribution >= 0.6 is 0 Å². The molecule has 1 N–H and O–H groups in total. The fourth-order valence-electron chi connectivity index (χ4n) is 5.99. The summed E-state index contributed by atoms with van der Waals surface area (Å²) in [7, 11) is 2.10. The van der Waals surface area contributed by atoms with Crippen LogP contribution in [0.15, 0.2) is 65.2 Å². The van der Waals surface area contributed by atoms with Gasteiger partial charge in [-0.15, -0.1) is 0 Å². The maximum atomic E-state index is 10.0. The summed E-state index contributed by atoms with van der Waals surface area (Å²) in [5.74, 6) is 2.00. The Kier molecular flexibility index (Phi) is 4.14. The molecule has 4 heteroatoms. The molecule has 178 valence electrons. The molecule has 0 fully saturated rings. The minimum Gasteiger partial charge on any atom is -0.508 e. The van der Waals surface area contributed by atoms with Crippen molar-refractivity contribution in [1.29, 1.82) is 0 Å². The maximum Gasteiger partial charge on any atom is 0.228 e. The zero-order valence-corrected chi connectivity index (χ0v) is 21.2. The third-order valence-electron chi connectivity index (χ3n) is 7.49. The van der Waals surface area contributed by atoms with Crippen molar-refractivity contribution in [3.63, 3.8) is 0 Å². The molecule has 4 aromatic carbocycles. The number of rotatable bonds is 1. The molecule has 0 bridgehead atoms. The van der Waals surface area contributed by atoms with Gasteiger partial charge in [0.1, 0.15) is 40.8 Å². The maximum absolute atomic E-state index is 10.0. The van der Waals surface area contributed by atoms with E-state index in [4.69, 9.17) is 9.15 Å². The molecule has 2 aromatic heterocycles. The van der Waals surface area contributed by atoms with Crippen LogP contribution in [0.1, 0.15) is 31.9 Å². The van der Waals surface area contributed by atoms with Gasteiger partial charge in [-0.1, -0.05) is 45.0 Å². The van der Waals surface area contributed by atoms with Crippen molar-refractivity contribution >= 4 is 43.5 Å². The fourth-order valence-corrected chi connectivity index (χ4v) is 5.99. The predicted molar refractivity (Wildman–Crippen MR) is 145 cm³/mol. The zero-order chi connectivity index (χ0) is 24.9. The molecule has 0 aliphatic carbocycles. The van der Waals surface area contributed by atoms with Crippen molar-refractivity contribution < 1.29 is 18.8 Å². The number of fused-ring (bicyclic) bond motifs is 7. The van der Waals surface area contributed by atoms with E-state index in [-0.39, 0.29) is 11.2 Å². The standard InChI is InChI=1S/C32H27NO3/c1-17-19-8-6-7-9-20(19)24(16-32(2,3)4)31-27(17)29-28-22(12-13-33(29)5)30-23(15-26(28)36-31)21-11-10-18(34)14-25(21)35-30/h6-15H,16H2,1-5H3/p+1. The first kappa shape index (κ1) is 21.3. The van der Waals surface area contributed by atoms with Gasteiger partial charge in [-0.25, -0.2) is 4.57 Å². The van der Waals surface area contributed by atoms with Crippen molar-refractivity contribution in [1.82, 2.24) is 0 Å². The third kappa shape index (κ3) is 2.84. The first-order valence-electron chi connectivity index (χ1n) is 12.4. The van der Waals surface area contributed by atoms with Crippen LogP contribution in [-0.2, 0) is 13.5 Å². The summed E-state index contributed by atoms with van der Waals surface area (Å²) in [5.41, 5.74) is 6.36. The summed E-state index contributed by atoms with van der Waals surface area (Å²) in [4.78, 5) is 0. The second-order valence-electron chi connectivity index (χ2n) is 11.3. The number of nitrogens with zero attached hydrogens (tertiary/aromatic N) is 1. The average molecular weight is 475 g/mol. The number of hydrogen-bond donors (Lipinski definition) is 1. The van der Waals surface area contributed by atoms with Gasteiger partial charge >= 0.3 is 0 Å². The minimum absolute atomic E-state index is 0.0936. The number of benzene rings is 4. The monoisotopic (exact) mass is 474 g/mol. The molecule has 0 unspecified atom stereocenters. The number of aryl methyl sites for hydroxylation is 2. The molecule has 0 amide bonds. The van der Waals surface area contributed by atoms with E-state index in [9.17, 15) is 5.11 Å². The lowest BCUT2D eigenvalue weighted by Crippen LogP contribution is -2.32. The van der Waals surface area contributed by atoms with Gasteiger partial charge in [0.25, 0.3) is 0 Å². The highest BCUT2D eigenvalue weighted by atomic mass is 16.5. The van der Waals surface area contributed by atoms with E-state index in [1.807, 2.05) is 6.07 Å². The highest BCUT2D eigenvalue weighted by molar-refractivity contribution is 6.20. The van der Waals surface area contributed by atoms with Crippen molar-refractivity contribution in [2.45, 2.75) is 34.1 Å². The second kappa shape index (κ2) is 7.01.